The average molecular weight is 227 g/mol. The van der Waals surface area contributed by atoms with Crippen LogP contribution in [0.5, 0.6) is 6.01 Å². The van der Waals surface area contributed by atoms with E-state index in [1.165, 1.54) is 7.11 Å². The third-order valence-electron chi connectivity index (χ3n) is 1.48. The molecule has 0 aliphatic rings. The van der Waals surface area contributed by atoms with Crippen molar-refractivity contribution in [2.45, 2.75) is 13.3 Å². The Morgan fingerprint density at radius 1 is 1.40 bits per heavy atom. The van der Waals surface area contributed by atoms with Crippen molar-refractivity contribution < 1.29 is 4.74 Å². The van der Waals surface area contributed by atoms with E-state index in [0.717, 1.165) is 6.42 Å². The number of rotatable bonds is 4. The molecule has 0 aliphatic heterocycles. The van der Waals surface area contributed by atoms with Crippen LogP contribution in [0.3, 0.4) is 0 Å². The van der Waals surface area contributed by atoms with Crippen molar-refractivity contribution in [1.82, 2.24) is 15.0 Å². The van der Waals surface area contributed by atoms with Gasteiger partial charge in [-0.25, -0.2) is 0 Å². The lowest BCUT2D eigenvalue weighted by molar-refractivity contribution is 0.379. The van der Waals surface area contributed by atoms with E-state index in [-0.39, 0.29) is 11.3 Å². The second kappa shape index (κ2) is 6.04. The fraction of sp³-hybridized carbons (Fsp3) is 0.444. The molecule has 1 heterocycles. The van der Waals surface area contributed by atoms with Gasteiger partial charge in [-0.2, -0.15) is 15.0 Å². The second-order valence-electron chi connectivity index (χ2n) is 2.52. The molecule has 0 saturated heterocycles. The molecule has 1 N–H and O–H groups in total. The molecule has 0 saturated carbocycles. The van der Waals surface area contributed by atoms with Gasteiger partial charge in [0.25, 0.3) is 0 Å². The molecule has 1 aromatic heterocycles. The summed E-state index contributed by atoms with van der Waals surface area (Å²) in [6.45, 7) is 2.45. The summed E-state index contributed by atoms with van der Waals surface area (Å²) in [5.74, 6) is 6.10. The zero-order valence-corrected chi connectivity index (χ0v) is 9.30. The predicted octanol–water partition coefficient (Wildman–Crippen LogP) is 1.36. The van der Waals surface area contributed by atoms with Gasteiger partial charge in [0, 0.05) is 13.0 Å². The Morgan fingerprint density at radius 3 is 2.87 bits per heavy atom. The highest BCUT2D eigenvalue weighted by molar-refractivity contribution is 6.28. The van der Waals surface area contributed by atoms with Crippen LogP contribution in [-0.2, 0) is 0 Å². The first-order valence-corrected chi connectivity index (χ1v) is 4.73. The number of hydrogen-bond acceptors (Lipinski definition) is 5. The summed E-state index contributed by atoms with van der Waals surface area (Å²) >= 11 is 5.66. The summed E-state index contributed by atoms with van der Waals surface area (Å²) in [6.07, 6.45) is 0.724. The minimum atomic E-state index is 0.103. The highest BCUT2D eigenvalue weighted by atomic mass is 35.5. The van der Waals surface area contributed by atoms with E-state index in [0.29, 0.717) is 12.5 Å². The van der Waals surface area contributed by atoms with E-state index in [2.05, 4.69) is 32.1 Å². The molecule has 0 aliphatic carbocycles. The monoisotopic (exact) mass is 226 g/mol. The maximum absolute atomic E-state index is 5.66. The first kappa shape index (κ1) is 11.5. The highest BCUT2D eigenvalue weighted by Gasteiger charge is 2.03. The lowest BCUT2D eigenvalue weighted by Crippen LogP contribution is -2.06. The van der Waals surface area contributed by atoms with Crippen LogP contribution in [-0.4, -0.2) is 28.6 Å². The smallest absolute Gasteiger partial charge is 0.322 e. The number of methoxy groups -OCH3 is 1. The molecule has 0 spiro atoms. The summed E-state index contributed by atoms with van der Waals surface area (Å²) in [6, 6.07) is 0.194. The van der Waals surface area contributed by atoms with Gasteiger partial charge in [0.05, 0.1) is 7.11 Å². The Kier molecular flexibility index (Phi) is 4.64. The number of nitrogens with zero attached hydrogens (tertiary/aromatic N) is 3. The van der Waals surface area contributed by atoms with E-state index in [1.54, 1.807) is 6.92 Å². The molecule has 80 valence electrons. The molecule has 6 heteroatoms. The third kappa shape index (κ3) is 4.00. The Labute approximate surface area is 93.2 Å². The second-order valence-corrected chi connectivity index (χ2v) is 2.86. The van der Waals surface area contributed by atoms with Crippen molar-refractivity contribution in [2.24, 2.45) is 0 Å². The molecule has 0 radical (unpaired) electrons. The maximum Gasteiger partial charge on any atom is 0.322 e. The van der Waals surface area contributed by atoms with Crippen LogP contribution in [0.1, 0.15) is 13.3 Å². The SMILES string of the molecule is CC#CCCNc1nc(Cl)nc(OC)n1. The minimum absolute atomic E-state index is 0.103. The summed E-state index contributed by atoms with van der Waals surface area (Å²) in [4.78, 5) is 11.6. The summed E-state index contributed by atoms with van der Waals surface area (Å²) in [5.41, 5.74) is 0. The Balaban J connectivity index is 2.59. The average Bonchev–Trinajstić information content (AvgIpc) is 2.23. The lowest BCUT2D eigenvalue weighted by atomic mass is 10.4. The zero-order chi connectivity index (χ0) is 11.1. The number of hydrogen-bond donors (Lipinski definition) is 1. The quantitative estimate of drug-likeness (QED) is 0.621. The number of ether oxygens (including phenoxy) is 1. The molecule has 1 rings (SSSR count). The normalized spacial score (nSPS) is 9.00. The van der Waals surface area contributed by atoms with Crippen LogP contribution in [0.15, 0.2) is 0 Å². The molecular formula is C9H11ClN4O. The highest BCUT2D eigenvalue weighted by Crippen LogP contribution is 2.10. The molecule has 0 aromatic carbocycles. The van der Waals surface area contributed by atoms with Gasteiger partial charge < -0.3 is 10.1 Å². The van der Waals surface area contributed by atoms with Crippen LogP contribution in [0, 0.1) is 11.8 Å². The topological polar surface area (TPSA) is 59.9 Å². The van der Waals surface area contributed by atoms with E-state index in [4.69, 9.17) is 16.3 Å². The Hall–Kier alpha value is -1.54. The Bertz CT molecular complexity index is 385. The zero-order valence-electron chi connectivity index (χ0n) is 8.54. The molecule has 15 heavy (non-hydrogen) atoms. The van der Waals surface area contributed by atoms with Gasteiger partial charge in [-0.3, -0.25) is 0 Å². The van der Waals surface area contributed by atoms with Crippen molar-refractivity contribution in [1.29, 1.82) is 0 Å². The Morgan fingerprint density at radius 2 is 2.20 bits per heavy atom. The fourth-order valence-electron chi connectivity index (χ4n) is 0.864. The van der Waals surface area contributed by atoms with Crippen molar-refractivity contribution >= 4 is 17.5 Å². The van der Waals surface area contributed by atoms with Crippen LogP contribution in [0.4, 0.5) is 5.95 Å². The van der Waals surface area contributed by atoms with Gasteiger partial charge >= 0.3 is 6.01 Å². The van der Waals surface area contributed by atoms with Gasteiger partial charge in [0.1, 0.15) is 0 Å². The van der Waals surface area contributed by atoms with Crippen LogP contribution >= 0.6 is 11.6 Å². The van der Waals surface area contributed by atoms with E-state index >= 15 is 0 Å². The van der Waals surface area contributed by atoms with Crippen LogP contribution in [0.2, 0.25) is 5.28 Å². The predicted molar refractivity (Wildman–Crippen MR) is 57.9 cm³/mol. The third-order valence-corrected chi connectivity index (χ3v) is 1.65. The molecule has 0 fully saturated rings. The van der Waals surface area contributed by atoms with E-state index in [9.17, 15) is 0 Å². The van der Waals surface area contributed by atoms with Gasteiger partial charge in [-0.15, -0.1) is 11.8 Å². The number of halogens is 1. The van der Waals surface area contributed by atoms with Crippen LogP contribution < -0.4 is 10.1 Å². The molecule has 0 atom stereocenters. The summed E-state index contributed by atoms with van der Waals surface area (Å²) in [7, 11) is 1.47. The van der Waals surface area contributed by atoms with E-state index in [1.807, 2.05) is 0 Å². The number of anilines is 1. The van der Waals surface area contributed by atoms with Gasteiger partial charge in [0.15, 0.2) is 0 Å². The largest absolute Gasteiger partial charge is 0.467 e. The molecule has 0 amide bonds. The number of nitrogens with one attached hydrogen (secondary N) is 1. The minimum Gasteiger partial charge on any atom is -0.467 e. The standard InChI is InChI=1S/C9H11ClN4O/c1-3-4-5-6-11-8-12-7(10)13-9(14-8)15-2/h5-6H2,1-2H3,(H,11,12,13,14). The lowest BCUT2D eigenvalue weighted by Gasteiger charge is -2.03. The van der Waals surface area contributed by atoms with Crippen LogP contribution in [0.25, 0.3) is 0 Å². The fourth-order valence-corrected chi connectivity index (χ4v) is 1.02. The summed E-state index contributed by atoms with van der Waals surface area (Å²) in [5, 5.41) is 3.07. The van der Waals surface area contributed by atoms with Gasteiger partial charge in [-0.05, 0) is 18.5 Å². The summed E-state index contributed by atoms with van der Waals surface area (Å²) < 4.78 is 4.85. The first-order chi connectivity index (χ1) is 7.26. The van der Waals surface area contributed by atoms with Crippen molar-refractivity contribution in [3.8, 4) is 17.9 Å². The molecule has 5 nitrogen and oxygen atoms in total. The molecule has 0 bridgehead atoms. The molecule has 1 aromatic rings. The van der Waals surface area contributed by atoms with Crippen molar-refractivity contribution in [3.63, 3.8) is 0 Å². The van der Waals surface area contributed by atoms with Crippen molar-refractivity contribution in [3.05, 3.63) is 5.28 Å². The first-order valence-electron chi connectivity index (χ1n) is 4.35. The number of aromatic nitrogens is 3. The van der Waals surface area contributed by atoms with Gasteiger partial charge in [-0.1, -0.05) is 0 Å². The van der Waals surface area contributed by atoms with Gasteiger partial charge in [0.2, 0.25) is 11.2 Å². The van der Waals surface area contributed by atoms with Crippen molar-refractivity contribution in [2.75, 3.05) is 19.0 Å². The van der Waals surface area contributed by atoms with E-state index < -0.39 is 0 Å². The molecular weight excluding hydrogens is 216 g/mol. The molecule has 0 unspecified atom stereocenters. The maximum atomic E-state index is 5.66.